The van der Waals surface area contributed by atoms with E-state index in [0.717, 1.165) is 24.9 Å². The number of benzene rings is 2. The summed E-state index contributed by atoms with van der Waals surface area (Å²) in [5.74, 6) is -0.168. The topological polar surface area (TPSA) is 42.5 Å². The molecule has 0 saturated carbocycles. The van der Waals surface area contributed by atoms with Crippen LogP contribution in [0, 0.1) is 0 Å². The van der Waals surface area contributed by atoms with Crippen molar-refractivity contribution in [2.75, 3.05) is 6.54 Å². The highest BCUT2D eigenvalue weighted by molar-refractivity contribution is 5.40. The molecule has 2 N–H and O–H groups in total. The van der Waals surface area contributed by atoms with Crippen LogP contribution in [-0.2, 0) is 6.54 Å². The molecular weight excluding hydrogens is 376 g/mol. The second-order valence-electron chi connectivity index (χ2n) is 6.50. The Morgan fingerprint density at radius 1 is 1.00 bits per heavy atom. The molecule has 0 radical (unpaired) electrons. The van der Waals surface area contributed by atoms with Crippen LogP contribution >= 0.6 is 0 Å². The van der Waals surface area contributed by atoms with Crippen molar-refractivity contribution in [1.29, 1.82) is 0 Å². The Morgan fingerprint density at radius 3 is 2.46 bits per heavy atom. The molecule has 28 heavy (non-hydrogen) atoms. The summed E-state index contributed by atoms with van der Waals surface area (Å²) >= 11 is 0. The maximum atomic E-state index is 12.7. The third-order valence-electron chi connectivity index (χ3n) is 4.65. The van der Waals surface area contributed by atoms with Gasteiger partial charge in [0.15, 0.2) is 0 Å². The fourth-order valence-corrected chi connectivity index (χ4v) is 3.44. The number of alkyl halides is 4. The zero-order valence-corrected chi connectivity index (χ0v) is 15.1. The minimum Gasteiger partial charge on any atom is -0.435 e. The first kappa shape index (κ1) is 20.4. The lowest BCUT2D eigenvalue weighted by Crippen LogP contribution is -2.45. The number of rotatable bonds is 8. The number of hydrogen-bond donors (Lipinski definition) is 2. The van der Waals surface area contributed by atoms with E-state index in [1.54, 1.807) is 0 Å². The van der Waals surface area contributed by atoms with E-state index in [-0.39, 0.29) is 30.1 Å². The summed E-state index contributed by atoms with van der Waals surface area (Å²) in [5.41, 5.74) is 1.45. The molecule has 1 aliphatic rings. The normalized spacial score (nSPS) is 19.8. The standard InChI is InChI=1S/C20H22F4N2O2/c21-19(22)27-15-8-9-17(28-20(23)24)14(11-15)12-26-16-7-4-10-25-18(16)13-5-2-1-3-6-13/h1-3,5-6,8-9,11,16,18-20,25-26H,4,7,10,12H2/t16-,18-/m0/s1. The Morgan fingerprint density at radius 2 is 1.75 bits per heavy atom. The monoisotopic (exact) mass is 398 g/mol. The predicted octanol–water partition coefficient (Wildman–Crippen LogP) is 4.47. The summed E-state index contributed by atoms with van der Waals surface area (Å²) in [5, 5.41) is 6.82. The summed E-state index contributed by atoms with van der Waals surface area (Å²) in [7, 11) is 0. The molecule has 0 aliphatic carbocycles. The lowest BCUT2D eigenvalue weighted by molar-refractivity contribution is -0.0535. The van der Waals surface area contributed by atoms with Gasteiger partial charge in [0, 0.05) is 24.2 Å². The van der Waals surface area contributed by atoms with E-state index in [2.05, 4.69) is 20.1 Å². The van der Waals surface area contributed by atoms with Crippen LogP contribution in [0.4, 0.5) is 17.6 Å². The molecule has 0 unspecified atom stereocenters. The van der Waals surface area contributed by atoms with Crippen molar-refractivity contribution < 1.29 is 27.0 Å². The number of halogens is 4. The predicted molar refractivity (Wildman–Crippen MR) is 96.8 cm³/mol. The van der Waals surface area contributed by atoms with Gasteiger partial charge in [0.1, 0.15) is 11.5 Å². The fourth-order valence-electron chi connectivity index (χ4n) is 3.44. The van der Waals surface area contributed by atoms with Crippen molar-refractivity contribution in [2.24, 2.45) is 0 Å². The highest BCUT2D eigenvalue weighted by Crippen LogP contribution is 2.28. The summed E-state index contributed by atoms with van der Waals surface area (Å²) < 4.78 is 59.2. The SMILES string of the molecule is FC(F)Oc1ccc(OC(F)F)c(CN[C@H]2CCCN[C@H]2c2ccccc2)c1. The van der Waals surface area contributed by atoms with Crippen molar-refractivity contribution in [2.45, 2.75) is 44.7 Å². The van der Waals surface area contributed by atoms with Gasteiger partial charge in [0.2, 0.25) is 0 Å². The van der Waals surface area contributed by atoms with Gasteiger partial charge in [-0.15, -0.1) is 0 Å². The maximum Gasteiger partial charge on any atom is 0.387 e. The van der Waals surface area contributed by atoms with Gasteiger partial charge in [-0.1, -0.05) is 30.3 Å². The van der Waals surface area contributed by atoms with Crippen molar-refractivity contribution in [1.82, 2.24) is 10.6 Å². The van der Waals surface area contributed by atoms with Crippen molar-refractivity contribution >= 4 is 0 Å². The van der Waals surface area contributed by atoms with Gasteiger partial charge in [0.25, 0.3) is 0 Å². The second-order valence-corrected chi connectivity index (χ2v) is 6.50. The van der Waals surface area contributed by atoms with Crippen LogP contribution in [0.25, 0.3) is 0 Å². The first-order chi connectivity index (χ1) is 13.5. The Kier molecular flexibility index (Phi) is 7.11. The van der Waals surface area contributed by atoms with Crippen LogP contribution in [0.15, 0.2) is 48.5 Å². The van der Waals surface area contributed by atoms with E-state index < -0.39 is 13.2 Å². The molecule has 1 saturated heterocycles. The molecule has 8 heteroatoms. The smallest absolute Gasteiger partial charge is 0.387 e. The van der Waals surface area contributed by atoms with Crippen molar-refractivity contribution in [3.8, 4) is 11.5 Å². The van der Waals surface area contributed by atoms with Crippen molar-refractivity contribution in [3.63, 3.8) is 0 Å². The van der Waals surface area contributed by atoms with Gasteiger partial charge in [0.05, 0.1) is 0 Å². The largest absolute Gasteiger partial charge is 0.435 e. The molecule has 4 nitrogen and oxygen atoms in total. The molecule has 1 aliphatic heterocycles. The summed E-state index contributed by atoms with van der Waals surface area (Å²) in [6, 6.07) is 13.7. The molecule has 2 aromatic rings. The second kappa shape index (κ2) is 9.75. The molecule has 3 rings (SSSR count). The number of nitrogens with one attached hydrogen (secondary N) is 2. The minimum absolute atomic E-state index is 0.0511. The molecule has 0 amide bonds. The molecule has 152 valence electrons. The van der Waals surface area contributed by atoms with E-state index in [1.807, 2.05) is 30.3 Å². The lowest BCUT2D eigenvalue weighted by Gasteiger charge is -2.34. The lowest BCUT2D eigenvalue weighted by atomic mass is 9.92. The van der Waals surface area contributed by atoms with Crippen LogP contribution in [0.2, 0.25) is 0 Å². The zero-order valence-electron chi connectivity index (χ0n) is 15.1. The zero-order chi connectivity index (χ0) is 19.9. The quantitative estimate of drug-likeness (QED) is 0.644. The first-order valence-corrected chi connectivity index (χ1v) is 9.07. The summed E-state index contributed by atoms with van der Waals surface area (Å²) in [6.45, 7) is -4.94. The summed E-state index contributed by atoms with van der Waals surface area (Å²) in [6.07, 6.45) is 1.86. The molecule has 0 bridgehead atoms. The van der Waals surface area contributed by atoms with Crippen LogP contribution in [0.5, 0.6) is 11.5 Å². The molecule has 1 heterocycles. The third kappa shape index (κ3) is 5.59. The average molecular weight is 398 g/mol. The van der Waals surface area contributed by atoms with Gasteiger partial charge < -0.3 is 20.1 Å². The number of hydrogen-bond acceptors (Lipinski definition) is 4. The Hall–Kier alpha value is -2.32. The van der Waals surface area contributed by atoms with Crippen LogP contribution < -0.4 is 20.1 Å². The van der Waals surface area contributed by atoms with Crippen molar-refractivity contribution in [3.05, 3.63) is 59.7 Å². The van der Waals surface area contributed by atoms with Crippen LogP contribution in [-0.4, -0.2) is 25.8 Å². The van der Waals surface area contributed by atoms with Gasteiger partial charge in [-0.05, 0) is 43.1 Å². The van der Waals surface area contributed by atoms with E-state index in [0.29, 0.717) is 5.56 Å². The van der Waals surface area contributed by atoms with E-state index in [9.17, 15) is 17.6 Å². The summed E-state index contributed by atoms with van der Waals surface area (Å²) in [4.78, 5) is 0. The maximum absolute atomic E-state index is 12.7. The highest BCUT2D eigenvalue weighted by atomic mass is 19.3. The molecule has 2 aromatic carbocycles. The molecule has 0 spiro atoms. The fraction of sp³-hybridized carbons (Fsp3) is 0.400. The minimum atomic E-state index is -3.01. The van der Waals surface area contributed by atoms with Crippen LogP contribution in [0.3, 0.4) is 0 Å². The van der Waals surface area contributed by atoms with E-state index in [4.69, 9.17) is 0 Å². The Bertz CT molecular complexity index is 746. The third-order valence-corrected chi connectivity index (χ3v) is 4.65. The van der Waals surface area contributed by atoms with E-state index in [1.165, 1.54) is 18.2 Å². The highest BCUT2D eigenvalue weighted by Gasteiger charge is 2.26. The van der Waals surface area contributed by atoms with Crippen LogP contribution in [0.1, 0.15) is 30.0 Å². The number of piperidine rings is 1. The Labute approximate surface area is 160 Å². The van der Waals surface area contributed by atoms with Gasteiger partial charge in [-0.3, -0.25) is 0 Å². The molecule has 1 fully saturated rings. The van der Waals surface area contributed by atoms with Gasteiger partial charge >= 0.3 is 13.2 Å². The average Bonchev–Trinajstić information content (AvgIpc) is 2.68. The first-order valence-electron chi connectivity index (χ1n) is 9.07. The van der Waals surface area contributed by atoms with E-state index >= 15 is 0 Å². The molecular formula is C20H22F4N2O2. The molecule has 0 aromatic heterocycles. The Balaban J connectivity index is 1.75. The number of ether oxygens (including phenoxy) is 2. The molecule has 2 atom stereocenters. The van der Waals surface area contributed by atoms with Gasteiger partial charge in [-0.2, -0.15) is 17.6 Å². The van der Waals surface area contributed by atoms with Gasteiger partial charge in [-0.25, -0.2) is 0 Å².